The number of benzene rings is 1. The fourth-order valence-electron chi connectivity index (χ4n) is 5.90. The number of imide groups is 1. The Hall–Kier alpha value is -2.25. The number of nitrogens with one attached hydrogen (secondary N) is 3. The zero-order valence-corrected chi connectivity index (χ0v) is 17.0. The Morgan fingerprint density at radius 2 is 2.03 bits per heavy atom. The molecule has 0 bridgehead atoms. The Morgan fingerprint density at radius 1 is 1.21 bits per heavy atom. The number of carbonyl (C=O) groups excluding carboxylic acids is 3. The van der Waals surface area contributed by atoms with E-state index in [4.69, 9.17) is 0 Å². The summed E-state index contributed by atoms with van der Waals surface area (Å²) in [4.78, 5) is 38.0. The molecule has 3 amide bonds. The van der Waals surface area contributed by atoms with Crippen LogP contribution in [0, 0.1) is 11.3 Å². The summed E-state index contributed by atoms with van der Waals surface area (Å²) in [5.74, 6) is -0.0448. The Kier molecular flexibility index (Phi) is 4.29. The van der Waals surface area contributed by atoms with E-state index in [2.05, 4.69) is 35.9 Å². The maximum absolute atomic E-state index is 12.8. The van der Waals surface area contributed by atoms with Crippen molar-refractivity contribution in [2.24, 2.45) is 11.3 Å². The molecule has 5 rings (SSSR count). The summed E-state index contributed by atoms with van der Waals surface area (Å²) in [5.41, 5.74) is 3.04. The van der Waals surface area contributed by atoms with Gasteiger partial charge in [0.05, 0.1) is 0 Å². The van der Waals surface area contributed by atoms with E-state index in [-0.39, 0.29) is 29.6 Å². The van der Waals surface area contributed by atoms with Crippen molar-refractivity contribution in [2.45, 2.75) is 64.3 Å². The van der Waals surface area contributed by atoms with Crippen LogP contribution in [-0.2, 0) is 22.7 Å². The second-order valence-corrected chi connectivity index (χ2v) is 9.46. The summed E-state index contributed by atoms with van der Waals surface area (Å²) in [6.45, 7) is 6.95. The second kappa shape index (κ2) is 6.64. The zero-order chi connectivity index (χ0) is 20.3. The third-order valence-corrected chi connectivity index (χ3v) is 7.42. The highest BCUT2D eigenvalue weighted by Gasteiger charge is 2.57. The largest absolute Gasteiger partial charge is 0.322 e. The van der Waals surface area contributed by atoms with Crippen LogP contribution in [0.1, 0.15) is 54.6 Å². The van der Waals surface area contributed by atoms with E-state index in [1.54, 1.807) is 4.90 Å². The molecule has 3 aliphatic heterocycles. The van der Waals surface area contributed by atoms with E-state index in [1.165, 1.54) is 6.42 Å². The quantitative estimate of drug-likeness (QED) is 0.659. The zero-order valence-electron chi connectivity index (χ0n) is 17.0. The van der Waals surface area contributed by atoms with E-state index in [1.807, 2.05) is 12.1 Å². The Labute approximate surface area is 170 Å². The molecule has 3 fully saturated rings. The lowest BCUT2D eigenvalue weighted by Gasteiger charge is -2.56. The first-order valence-corrected chi connectivity index (χ1v) is 10.6. The first-order chi connectivity index (χ1) is 13.9. The SMILES string of the molecule is CC1(C)C2NCCC2C1NCc1ccc2c(c1)CN(C1CCC(=O)NC1=O)C2=O. The van der Waals surface area contributed by atoms with Crippen molar-refractivity contribution in [1.82, 2.24) is 20.9 Å². The highest BCUT2D eigenvalue weighted by Crippen LogP contribution is 2.49. The minimum absolute atomic E-state index is 0.117. The third-order valence-electron chi connectivity index (χ3n) is 7.42. The summed E-state index contributed by atoms with van der Waals surface area (Å²) < 4.78 is 0. The van der Waals surface area contributed by atoms with Gasteiger partial charge in [0.15, 0.2) is 0 Å². The number of nitrogens with zero attached hydrogens (tertiary/aromatic N) is 1. The number of carbonyl (C=O) groups is 3. The molecular formula is C22H28N4O3. The average molecular weight is 396 g/mol. The Bertz CT molecular complexity index is 896. The normalized spacial score (nSPS) is 32.6. The van der Waals surface area contributed by atoms with Crippen LogP contribution in [0.25, 0.3) is 0 Å². The molecule has 3 N–H and O–H groups in total. The summed E-state index contributed by atoms with van der Waals surface area (Å²) >= 11 is 0. The maximum atomic E-state index is 12.8. The molecule has 0 radical (unpaired) electrons. The average Bonchev–Trinajstić information content (AvgIpc) is 3.25. The van der Waals surface area contributed by atoms with Crippen LogP contribution in [0.4, 0.5) is 0 Å². The lowest BCUT2D eigenvalue weighted by Crippen LogP contribution is -2.68. The number of rotatable bonds is 4. The van der Waals surface area contributed by atoms with Crippen molar-refractivity contribution in [3.05, 3.63) is 34.9 Å². The molecule has 1 aliphatic carbocycles. The van der Waals surface area contributed by atoms with Crippen LogP contribution in [0.3, 0.4) is 0 Å². The first-order valence-electron chi connectivity index (χ1n) is 10.6. The van der Waals surface area contributed by atoms with Crippen LogP contribution in [0.15, 0.2) is 18.2 Å². The highest BCUT2D eigenvalue weighted by atomic mass is 16.2. The molecule has 3 heterocycles. The third kappa shape index (κ3) is 2.90. The topological polar surface area (TPSA) is 90.5 Å². The molecule has 154 valence electrons. The van der Waals surface area contributed by atoms with Crippen LogP contribution in [0.2, 0.25) is 0 Å². The van der Waals surface area contributed by atoms with Crippen LogP contribution in [-0.4, -0.2) is 47.3 Å². The predicted molar refractivity (Wildman–Crippen MR) is 107 cm³/mol. The van der Waals surface area contributed by atoms with Crippen molar-refractivity contribution in [1.29, 1.82) is 0 Å². The second-order valence-electron chi connectivity index (χ2n) is 9.46. The molecule has 2 saturated heterocycles. The van der Waals surface area contributed by atoms with Crippen molar-refractivity contribution in [3.8, 4) is 0 Å². The Balaban J connectivity index is 1.27. The van der Waals surface area contributed by atoms with E-state index in [0.29, 0.717) is 36.5 Å². The van der Waals surface area contributed by atoms with Crippen molar-refractivity contribution in [2.75, 3.05) is 6.54 Å². The minimum Gasteiger partial charge on any atom is -0.322 e. The van der Waals surface area contributed by atoms with Gasteiger partial charge in [-0.25, -0.2) is 0 Å². The van der Waals surface area contributed by atoms with Crippen molar-refractivity contribution in [3.63, 3.8) is 0 Å². The Morgan fingerprint density at radius 3 is 2.83 bits per heavy atom. The van der Waals surface area contributed by atoms with Crippen molar-refractivity contribution < 1.29 is 14.4 Å². The number of fused-ring (bicyclic) bond motifs is 2. The molecule has 29 heavy (non-hydrogen) atoms. The predicted octanol–water partition coefficient (Wildman–Crippen LogP) is 0.924. The molecule has 1 aromatic carbocycles. The number of hydrogen-bond donors (Lipinski definition) is 3. The molecule has 4 atom stereocenters. The molecule has 0 aromatic heterocycles. The minimum atomic E-state index is -0.559. The molecule has 1 aromatic rings. The standard InChI is InChI=1S/C22H28N4O3/c1-22(2)18-15(7-8-23-18)19(22)24-10-12-3-4-14-13(9-12)11-26(21(14)29)16-5-6-17(27)25-20(16)28/h3-4,9,15-16,18-19,23-24H,5-8,10-11H2,1-2H3,(H,25,27,28). The van der Waals surface area contributed by atoms with Gasteiger partial charge in [-0.15, -0.1) is 0 Å². The van der Waals surface area contributed by atoms with Gasteiger partial charge in [-0.1, -0.05) is 26.0 Å². The highest BCUT2D eigenvalue weighted by molar-refractivity contribution is 6.05. The van der Waals surface area contributed by atoms with Crippen LogP contribution in [0.5, 0.6) is 0 Å². The van der Waals surface area contributed by atoms with Gasteiger partial charge in [0.2, 0.25) is 11.8 Å². The molecule has 0 spiro atoms. The molecule has 7 nitrogen and oxygen atoms in total. The van der Waals surface area contributed by atoms with Gasteiger partial charge in [0.25, 0.3) is 5.91 Å². The van der Waals surface area contributed by atoms with Crippen LogP contribution >= 0.6 is 0 Å². The van der Waals surface area contributed by atoms with Crippen LogP contribution < -0.4 is 16.0 Å². The molecular weight excluding hydrogens is 368 g/mol. The smallest absolute Gasteiger partial charge is 0.255 e. The van der Waals surface area contributed by atoms with E-state index in [9.17, 15) is 14.4 Å². The van der Waals surface area contributed by atoms with Gasteiger partial charge in [0.1, 0.15) is 6.04 Å². The number of piperidine rings is 1. The maximum Gasteiger partial charge on any atom is 0.255 e. The monoisotopic (exact) mass is 396 g/mol. The van der Waals surface area contributed by atoms with Crippen molar-refractivity contribution >= 4 is 17.7 Å². The molecule has 7 heteroatoms. The summed E-state index contributed by atoms with van der Waals surface area (Å²) in [6.07, 6.45) is 1.90. The summed E-state index contributed by atoms with van der Waals surface area (Å²) in [5, 5.41) is 9.71. The summed E-state index contributed by atoms with van der Waals surface area (Å²) in [7, 11) is 0. The van der Waals surface area contributed by atoms with Gasteiger partial charge in [-0.2, -0.15) is 0 Å². The molecule has 4 aliphatic rings. The van der Waals surface area contributed by atoms with E-state index in [0.717, 1.165) is 24.2 Å². The van der Waals surface area contributed by atoms with E-state index < -0.39 is 6.04 Å². The van der Waals surface area contributed by atoms with Gasteiger partial charge in [0, 0.05) is 37.2 Å². The fourth-order valence-corrected chi connectivity index (χ4v) is 5.90. The summed E-state index contributed by atoms with van der Waals surface area (Å²) in [6, 6.07) is 6.52. The fraction of sp³-hybridized carbons (Fsp3) is 0.591. The van der Waals surface area contributed by atoms with Gasteiger partial charge >= 0.3 is 0 Å². The lowest BCUT2D eigenvalue weighted by atomic mass is 9.56. The number of amides is 3. The lowest BCUT2D eigenvalue weighted by molar-refractivity contribution is -0.136. The van der Waals surface area contributed by atoms with E-state index >= 15 is 0 Å². The molecule has 4 unspecified atom stereocenters. The molecule has 1 saturated carbocycles. The first kappa shape index (κ1) is 18.8. The number of hydrogen-bond acceptors (Lipinski definition) is 5. The van der Waals surface area contributed by atoms with Gasteiger partial charge in [-0.05, 0) is 47.9 Å². The van der Waals surface area contributed by atoms with Gasteiger partial charge < -0.3 is 15.5 Å². The van der Waals surface area contributed by atoms with Gasteiger partial charge in [-0.3, -0.25) is 19.7 Å².